The molecule has 2 heterocycles. The first kappa shape index (κ1) is 19.4. The number of amides is 1. The van der Waals surface area contributed by atoms with E-state index in [0.717, 1.165) is 5.39 Å². The molecule has 0 aliphatic carbocycles. The highest BCUT2D eigenvalue weighted by atomic mass is 32.2. The molecule has 2 aromatic rings. The molecule has 9 heteroatoms. The Morgan fingerprint density at radius 1 is 1.30 bits per heavy atom. The number of sulfonamides is 1. The number of fused-ring (bicyclic) bond motifs is 1. The number of aromatic amines is 1. The van der Waals surface area contributed by atoms with Crippen LogP contribution >= 0.6 is 0 Å². The molecule has 0 atom stereocenters. The number of aromatic nitrogens is 1. The minimum Gasteiger partial charge on any atom is -0.497 e. The fourth-order valence-electron chi connectivity index (χ4n) is 3.26. The summed E-state index contributed by atoms with van der Waals surface area (Å²) in [5, 5.41) is 3.62. The molecular weight excluding hydrogens is 370 g/mol. The average molecular weight is 393 g/mol. The van der Waals surface area contributed by atoms with Gasteiger partial charge in [-0.1, -0.05) is 0 Å². The van der Waals surface area contributed by atoms with Gasteiger partial charge < -0.3 is 15.0 Å². The number of hydrogen-bond donors (Lipinski definition) is 2. The molecule has 1 fully saturated rings. The van der Waals surface area contributed by atoms with E-state index < -0.39 is 10.0 Å². The lowest BCUT2D eigenvalue weighted by atomic mass is 9.97. The summed E-state index contributed by atoms with van der Waals surface area (Å²) in [7, 11) is -1.64. The van der Waals surface area contributed by atoms with Crippen molar-refractivity contribution in [1.29, 1.82) is 0 Å². The van der Waals surface area contributed by atoms with Gasteiger partial charge in [0, 0.05) is 42.0 Å². The lowest BCUT2D eigenvalue weighted by molar-refractivity contribution is -0.126. The topological polar surface area (TPSA) is 109 Å². The molecular formula is C18H23N3O5S. The average Bonchev–Trinajstić information content (AvgIpc) is 2.65. The summed E-state index contributed by atoms with van der Waals surface area (Å²) in [6, 6.07) is 7.09. The van der Waals surface area contributed by atoms with E-state index in [4.69, 9.17) is 4.74 Å². The molecule has 0 radical (unpaired) electrons. The number of piperidine rings is 1. The van der Waals surface area contributed by atoms with Gasteiger partial charge in [-0.15, -0.1) is 0 Å². The number of carbonyl (C=O) groups is 1. The summed E-state index contributed by atoms with van der Waals surface area (Å²) in [5.74, 6) is 0.276. The van der Waals surface area contributed by atoms with Crippen LogP contribution in [0, 0.1) is 5.92 Å². The standard InChI is InChI=1S/C18H23N3O5S/c1-26-15-3-4-16-13(10-15)9-14(18(23)20-16)11-19-17(22)12-5-7-21(8-6-12)27(2,24)25/h3-4,9-10,12H,5-8,11H2,1-2H3,(H,19,22)(H,20,23). The highest BCUT2D eigenvalue weighted by Gasteiger charge is 2.28. The first-order chi connectivity index (χ1) is 12.8. The van der Waals surface area contributed by atoms with Gasteiger partial charge in [0.25, 0.3) is 5.56 Å². The van der Waals surface area contributed by atoms with Crippen LogP contribution < -0.4 is 15.6 Å². The molecule has 1 aliphatic heterocycles. The molecule has 1 aromatic heterocycles. The van der Waals surface area contributed by atoms with Gasteiger partial charge in [0.2, 0.25) is 15.9 Å². The predicted molar refractivity (Wildman–Crippen MR) is 102 cm³/mol. The molecule has 1 saturated heterocycles. The van der Waals surface area contributed by atoms with Crippen LogP contribution in [0.2, 0.25) is 0 Å². The number of rotatable bonds is 5. The number of benzene rings is 1. The van der Waals surface area contributed by atoms with Crippen LogP contribution in [-0.4, -0.2) is 50.1 Å². The minimum atomic E-state index is -3.22. The largest absolute Gasteiger partial charge is 0.497 e. The van der Waals surface area contributed by atoms with Gasteiger partial charge in [-0.05, 0) is 37.1 Å². The molecule has 1 aromatic carbocycles. The van der Waals surface area contributed by atoms with Crippen LogP contribution in [-0.2, 0) is 21.4 Å². The molecule has 27 heavy (non-hydrogen) atoms. The maximum absolute atomic E-state index is 12.4. The van der Waals surface area contributed by atoms with E-state index in [1.807, 2.05) is 6.07 Å². The SMILES string of the molecule is COc1ccc2[nH]c(=O)c(CNC(=O)C3CCN(S(C)(=O)=O)CC3)cc2c1. The van der Waals surface area contributed by atoms with Gasteiger partial charge in [-0.2, -0.15) is 0 Å². The molecule has 3 rings (SSSR count). The maximum atomic E-state index is 12.4. The summed E-state index contributed by atoms with van der Waals surface area (Å²) < 4.78 is 29.7. The maximum Gasteiger partial charge on any atom is 0.253 e. The summed E-state index contributed by atoms with van der Waals surface area (Å²) in [6.07, 6.45) is 2.13. The van der Waals surface area contributed by atoms with Crippen LogP contribution in [0.5, 0.6) is 5.75 Å². The lowest BCUT2D eigenvalue weighted by Gasteiger charge is -2.29. The summed E-state index contributed by atoms with van der Waals surface area (Å²) in [4.78, 5) is 27.4. The fraction of sp³-hybridized carbons (Fsp3) is 0.444. The summed E-state index contributed by atoms with van der Waals surface area (Å²) in [6.45, 7) is 0.800. The molecule has 146 valence electrons. The van der Waals surface area contributed by atoms with E-state index in [1.165, 1.54) is 10.6 Å². The van der Waals surface area contributed by atoms with Crippen molar-refractivity contribution in [2.45, 2.75) is 19.4 Å². The molecule has 0 bridgehead atoms. The minimum absolute atomic E-state index is 0.119. The highest BCUT2D eigenvalue weighted by Crippen LogP contribution is 2.20. The van der Waals surface area contributed by atoms with Crippen molar-refractivity contribution in [3.8, 4) is 5.75 Å². The van der Waals surface area contributed by atoms with Crippen molar-refractivity contribution in [3.05, 3.63) is 40.2 Å². The quantitative estimate of drug-likeness (QED) is 0.782. The first-order valence-corrected chi connectivity index (χ1v) is 10.6. The number of ether oxygens (including phenoxy) is 1. The van der Waals surface area contributed by atoms with Crippen LogP contribution in [0.4, 0.5) is 0 Å². The van der Waals surface area contributed by atoms with Gasteiger partial charge in [-0.3, -0.25) is 9.59 Å². The van der Waals surface area contributed by atoms with E-state index in [2.05, 4.69) is 10.3 Å². The van der Waals surface area contributed by atoms with Crippen molar-refractivity contribution in [3.63, 3.8) is 0 Å². The molecule has 0 saturated carbocycles. The third-order valence-electron chi connectivity index (χ3n) is 4.88. The summed E-state index contributed by atoms with van der Waals surface area (Å²) in [5.41, 5.74) is 0.904. The number of H-pyrrole nitrogens is 1. The number of nitrogens with one attached hydrogen (secondary N) is 2. The van der Waals surface area contributed by atoms with Crippen molar-refractivity contribution in [2.75, 3.05) is 26.5 Å². The second kappa shape index (κ2) is 7.69. The zero-order valence-corrected chi connectivity index (χ0v) is 16.1. The van der Waals surface area contributed by atoms with E-state index in [0.29, 0.717) is 42.8 Å². The first-order valence-electron chi connectivity index (χ1n) is 8.70. The zero-order chi connectivity index (χ0) is 19.6. The van der Waals surface area contributed by atoms with Crippen LogP contribution in [0.1, 0.15) is 18.4 Å². The van der Waals surface area contributed by atoms with Gasteiger partial charge in [-0.25, -0.2) is 12.7 Å². The van der Waals surface area contributed by atoms with E-state index in [-0.39, 0.29) is 23.9 Å². The van der Waals surface area contributed by atoms with Crippen molar-refractivity contribution < 1.29 is 17.9 Å². The Hall–Kier alpha value is -2.39. The third-order valence-corrected chi connectivity index (χ3v) is 6.18. The van der Waals surface area contributed by atoms with E-state index in [9.17, 15) is 18.0 Å². The third kappa shape index (κ3) is 4.48. The number of pyridine rings is 1. The van der Waals surface area contributed by atoms with Crippen LogP contribution in [0.3, 0.4) is 0 Å². The Labute approximate surface area is 157 Å². The summed E-state index contributed by atoms with van der Waals surface area (Å²) >= 11 is 0. The normalized spacial score (nSPS) is 16.4. The number of carbonyl (C=O) groups excluding carboxylic acids is 1. The molecule has 1 aliphatic rings. The molecule has 0 spiro atoms. The Kier molecular flexibility index (Phi) is 5.52. The van der Waals surface area contributed by atoms with Gasteiger partial charge in [0.05, 0.1) is 13.4 Å². The van der Waals surface area contributed by atoms with Gasteiger partial charge in [0.15, 0.2) is 0 Å². The highest BCUT2D eigenvalue weighted by molar-refractivity contribution is 7.88. The predicted octanol–water partition coefficient (Wildman–Crippen LogP) is 0.825. The fourth-order valence-corrected chi connectivity index (χ4v) is 4.14. The Morgan fingerprint density at radius 3 is 2.63 bits per heavy atom. The van der Waals surface area contributed by atoms with E-state index >= 15 is 0 Å². The van der Waals surface area contributed by atoms with Crippen LogP contribution in [0.15, 0.2) is 29.1 Å². The Balaban J connectivity index is 1.65. The monoisotopic (exact) mass is 393 g/mol. The van der Waals surface area contributed by atoms with Gasteiger partial charge >= 0.3 is 0 Å². The Bertz CT molecular complexity index is 1010. The smallest absolute Gasteiger partial charge is 0.253 e. The van der Waals surface area contributed by atoms with Crippen molar-refractivity contribution in [2.24, 2.45) is 5.92 Å². The number of methoxy groups -OCH3 is 1. The molecule has 2 N–H and O–H groups in total. The van der Waals surface area contributed by atoms with Crippen molar-refractivity contribution >= 4 is 26.8 Å². The molecule has 0 unspecified atom stereocenters. The van der Waals surface area contributed by atoms with E-state index in [1.54, 1.807) is 25.3 Å². The van der Waals surface area contributed by atoms with Crippen LogP contribution in [0.25, 0.3) is 10.9 Å². The zero-order valence-electron chi connectivity index (χ0n) is 15.3. The second-order valence-electron chi connectivity index (χ2n) is 6.73. The Morgan fingerprint density at radius 2 is 2.00 bits per heavy atom. The van der Waals surface area contributed by atoms with Crippen molar-refractivity contribution in [1.82, 2.24) is 14.6 Å². The molecule has 8 nitrogen and oxygen atoms in total. The second-order valence-corrected chi connectivity index (χ2v) is 8.71. The van der Waals surface area contributed by atoms with Gasteiger partial charge in [0.1, 0.15) is 5.75 Å². The lowest BCUT2D eigenvalue weighted by Crippen LogP contribution is -2.42. The number of hydrogen-bond acceptors (Lipinski definition) is 5. The number of nitrogens with zero attached hydrogens (tertiary/aromatic N) is 1. The molecule has 1 amide bonds.